The Morgan fingerprint density at radius 3 is 2.33 bits per heavy atom. The number of hydrogen-bond acceptors (Lipinski definition) is 2. The maximum absolute atomic E-state index is 12.0. The van der Waals surface area contributed by atoms with Gasteiger partial charge in [0.25, 0.3) is 0 Å². The molecule has 0 aliphatic heterocycles. The summed E-state index contributed by atoms with van der Waals surface area (Å²) in [5.74, 6) is 0.322. The van der Waals surface area contributed by atoms with E-state index in [1.54, 1.807) is 12.1 Å². The fourth-order valence-corrected chi connectivity index (χ4v) is 2.56. The van der Waals surface area contributed by atoms with Crippen molar-refractivity contribution in [1.82, 2.24) is 0 Å². The minimum absolute atomic E-state index is 0.322. The van der Waals surface area contributed by atoms with Crippen LogP contribution in [-0.4, -0.2) is 6.09 Å². The second-order valence-corrected chi connectivity index (χ2v) is 5.75. The summed E-state index contributed by atoms with van der Waals surface area (Å²) in [4.78, 5) is 12.0. The molecule has 1 amide bonds. The minimum Gasteiger partial charge on any atom is -0.409 e. The number of anilines is 1. The van der Waals surface area contributed by atoms with Crippen LogP contribution in [0.4, 0.5) is 10.5 Å². The minimum atomic E-state index is -0.571. The Morgan fingerprint density at radius 1 is 0.917 bits per heavy atom. The zero-order valence-electron chi connectivity index (χ0n) is 13.1. The Balaban J connectivity index is 1.74. The maximum Gasteiger partial charge on any atom is 0.417 e. The molecule has 0 saturated heterocycles. The first-order valence-corrected chi connectivity index (χ1v) is 7.91. The molecule has 0 aliphatic rings. The lowest BCUT2D eigenvalue weighted by Gasteiger charge is -2.10. The standard InChI is InChI=1S/C20H16ClNO2/c1-14-7-5-6-10-18(14)22-20(23)24-19-12-11-16(13-17(19)21)15-8-3-2-4-9-15/h2-13H,1H3,(H,22,23). The van der Waals surface area contributed by atoms with Crippen LogP contribution in [0.2, 0.25) is 5.02 Å². The molecule has 0 radical (unpaired) electrons. The third-order valence-electron chi connectivity index (χ3n) is 3.62. The lowest BCUT2D eigenvalue weighted by atomic mass is 10.1. The van der Waals surface area contributed by atoms with E-state index in [0.29, 0.717) is 16.5 Å². The molecule has 0 saturated carbocycles. The molecule has 1 N–H and O–H groups in total. The summed E-state index contributed by atoms with van der Waals surface area (Å²) in [5, 5.41) is 3.10. The van der Waals surface area contributed by atoms with Gasteiger partial charge in [-0.15, -0.1) is 0 Å². The van der Waals surface area contributed by atoms with Gasteiger partial charge >= 0.3 is 6.09 Å². The van der Waals surface area contributed by atoms with E-state index in [0.717, 1.165) is 16.7 Å². The van der Waals surface area contributed by atoms with Crippen LogP contribution < -0.4 is 10.1 Å². The highest BCUT2D eigenvalue weighted by Gasteiger charge is 2.10. The number of amides is 1. The van der Waals surface area contributed by atoms with Crippen molar-refractivity contribution in [2.24, 2.45) is 0 Å². The van der Waals surface area contributed by atoms with Crippen LogP contribution in [0.1, 0.15) is 5.56 Å². The fourth-order valence-electron chi connectivity index (χ4n) is 2.34. The summed E-state index contributed by atoms with van der Waals surface area (Å²) in [6.07, 6.45) is -0.571. The van der Waals surface area contributed by atoms with E-state index in [1.165, 1.54) is 0 Å². The van der Waals surface area contributed by atoms with E-state index >= 15 is 0 Å². The van der Waals surface area contributed by atoms with E-state index in [4.69, 9.17) is 16.3 Å². The van der Waals surface area contributed by atoms with Gasteiger partial charge in [0, 0.05) is 5.69 Å². The van der Waals surface area contributed by atoms with E-state index in [9.17, 15) is 4.79 Å². The number of halogens is 1. The van der Waals surface area contributed by atoms with Crippen molar-refractivity contribution in [1.29, 1.82) is 0 Å². The number of para-hydroxylation sites is 1. The van der Waals surface area contributed by atoms with Crippen molar-refractivity contribution < 1.29 is 9.53 Å². The smallest absolute Gasteiger partial charge is 0.409 e. The SMILES string of the molecule is Cc1ccccc1NC(=O)Oc1ccc(-c2ccccc2)cc1Cl. The monoisotopic (exact) mass is 337 g/mol. The molecular weight excluding hydrogens is 322 g/mol. The molecule has 3 aromatic carbocycles. The molecule has 3 aromatic rings. The number of nitrogens with one attached hydrogen (secondary N) is 1. The zero-order chi connectivity index (χ0) is 16.9. The summed E-state index contributed by atoms with van der Waals surface area (Å²) < 4.78 is 5.31. The van der Waals surface area contributed by atoms with Gasteiger partial charge in [-0.3, -0.25) is 5.32 Å². The molecule has 3 rings (SSSR count). The van der Waals surface area contributed by atoms with E-state index in [1.807, 2.05) is 67.6 Å². The number of carbonyl (C=O) groups excluding carboxylic acids is 1. The molecule has 0 aliphatic carbocycles. The van der Waals surface area contributed by atoms with Crippen molar-refractivity contribution in [3.8, 4) is 16.9 Å². The Bertz CT molecular complexity index is 863. The molecular formula is C20H16ClNO2. The predicted octanol–water partition coefficient (Wildman–Crippen LogP) is 5.93. The zero-order valence-corrected chi connectivity index (χ0v) is 13.9. The molecule has 0 spiro atoms. The summed E-state index contributed by atoms with van der Waals surface area (Å²) in [6.45, 7) is 1.91. The van der Waals surface area contributed by atoms with Crippen molar-refractivity contribution >= 4 is 23.4 Å². The third-order valence-corrected chi connectivity index (χ3v) is 3.92. The van der Waals surface area contributed by atoms with Crippen LogP contribution in [0.25, 0.3) is 11.1 Å². The molecule has 0 fully saturated rings. The largest absolute Gasteiger partial charge is 0.417 e. The van der Waals surface area contributed by atoms with Gasteiger partial charge in [-0.05, 0) is 41.8 Å². The number of hydrogen-bond donors (Lipinski definition) is 1. The van der Waals surface area contributed by atoms with Crippen molar-refractivity contribution in [3.05, 3.63) is 83.4 Å². The molecule has 0 aromatic heterocycles. The predicted molar refractivity (Wildman–Crippen MR) is 97.7 cm³/mol. The summed E-state index contributed by atoms with van der Waals surface area (Å²) in [6, 6.07) is 22.7. The van der Waals surface area contributed by atoms with Crippen LogP contribution >= 0.6 is 11.6 Å². The molecule has 0 heterocycles. The van der Waals surface area contributed by atoms with Gasteiger partial charge in [0.1, 0.15) is 0 Å². The summed E-state index contributed by atoms with van der Waals surface area (Å²) in [5.41, 5.74) is 3.68. The second kappa shape index (κ2) is 7.20. The van der Waals surface area contributed by atoms with Gasteiger partial charge < -0.3 is 4.74 Å². The molecule has 24 heavy (non-hydrogen) atoms. The Labute approximate surface area is 145 Å². The van der Waals surface area contributed by atoms with Crippen LogP contribution in [0, 0.1) is 6.92 Å². The van der Waals surface area contributed by atoms with Gasteiger partial charge in [0.2, 0.25) is 0 Å². The first kappa shape index (κ1) is 16.1. The van der Waals surface area contributed by atoms with Crippen LogP contribution in [0.5, 0.6) is 5.75 Å². The highest BCUT2D eigenvalue weighted by Crippen LogP contribution is 2.30. The fraction of sp³-hybridized carbons (Fsp3) is 0.0500. The molecule has 0 atom stereocenters. The van der Waals surface area contributed by atoms with Gasteiger partial charge in [0.15, 0.2) is 5.75 Å². The number of aryl methyl sites for hydroxylation is 1. The van der Waals surface area contributed by atoms with E-state index in [2.05, 4.69) is 5.32 Å². The lowest BCUT2D eigenvalue weighted by molar-refractivity contribution is 0.215. The van der Waals surface area contributed by atoms with E-state index < -0.39 is 6.09 Å². The van der Waals surface area contributed by atoms with Gasteiger partial charge in [0.05, 0.1) is 5.02 Å². The van der Waals surface area contributed by atoms with Gasteiger partial charge in [-0.1, -0.05) is 66.2 Å². The Hall–Kier alpha value is -2.78. The molecule has 120 valence electrons. The van der Waals surface area contributed by atoms with Crippen LogP contribution in [0.15, 0.2) is 72.8 Å². The first-order valence-electron chi connectivity index (χ1n) is 7.53. The van der Waals surface area contributed by atoms with Crippen LogP contribution in [0.3, 0.4) is 0 Å². The van der Waals surface area contributed by atoms with Crippen molar-refractivity contribution in [3.63, 3.8) is 0 Å². The quantitative estimate of drug-likeness (QED) is 0.643. The molecule has 0 unspecified atom stereocenters. The molecule has 4 heteroatoms. The summed E-state index contributed by atoms with van der Waals surface area (Å²) >= 11 is 6.25. The summed E-state index contributed by atoms with van der Waals surface area (Å²) in [7, 11) is 0. The number of carbonyl (C=O) groups is 1. The normalized spacial score (nSPS) is 10.2. The molecule has 0 bridgehead atoms. The van der Waals surface area contributed by atoms with E-state index in [-0.39, 0.29) is 0 Å². The highest BCUT2D eigenvalue weighted by atomic mass is 35.5. The second-order valence-electron chi connectivity index (χ2n) is 5.34. The van der Waals surface area contributed by atoms with Gasteiger partial charge in [-0.2, -0.15) is 0 Å². The maximum atomic E-state index is 12.0. The van der Waals surface area contributed by atoms with Crippen molar-refractivity contribution in [2.75, 3.05) is 5.32 Å². The van der Waals surface area contributed by atoms with Crippen LogP contribution in [-0.2, 0) is 0 Å². The average Bonchev–Trinajstić information content (AvgIpc) is 2.59. The number of benzene rings is 3. The molecule has 3 nitrogen and oxygen atoms in total. The lowest BCUT2D eigenvalue weighted by Crippen LogP contribution is -2.17. The van der Waals surface area contributed by atoms with Crippen molar-refractivity contribution in [2.45, 2.75) is 6.92 Å². The Kier molecular flexibility index (Phi) is 4.82. The first-order chi connectivity index (χ1) is 11.6. The highest BCUT2D eigenvalue weighted by molar-refractivity contribution is 6.32. The topological polar surface area (TPSA) is 38.3 Å². The average molecular weight is 338 g/mol. The number of ether oxygens (including phenoxy) is 1. The van der Waals surface area contributed by atoms with Gasteiger partial charge in [-0.25, -0.2) is 4.79 Å². The third kappa shape index (κ3) is 3.76. The number of rotatable bonds is 3. The Morgan fingerprint density at radius 2 is 1.62 bits per heavy atom.